The summed E-state index contributed by atoms with van der Waals surface area (Å²) in [6, 6.07) is 5.55. The van der Waals surface area contributed by atoms with Crippen molar-refractivity contribution in [2.24, 2.45) is 0 Å². The summed E-state index contributed by atoms with van der Waals surface area (Å²) in [7, 11) is -1.71. The van der Waals surface area contributed by atoms with Crippen molar-refractivity contribution in [2.75, 3.05) is 19.3 Å². The van der Waals surface area contributed by atoms with E-state index in [1.165, 1.54) is 7.05 Å². The molecule has 0 aliphatic heterocycles. The Morgan fingerprint density at radius 3 is 2.53 bits per heavy atom. The summed E-state index contributed by atoms with van der Waals surface area (Å²) in [6.07, 6.45) is 0.550. The van der Waals surface area contributed by atoms with Crippen molar-refractivity contribution in [3.8, 4) is 0 Å². The number of benzene rings is 1. The van der Waals surface area contributed by atoms with E-state index in [1.54, 1.807) is 6.07 Å². The molecule has 0 radical (unpaired) electrons. The van der Waals surface area contributed by atoms with Gasteiger partial charge in [-0.1, -0.05) is 29.3 Å². The highest BCUT2D eigenvalue weighted by Crippen LogP contribution is 2.25. The fourth-order valence-corrected chi connectivity index (χ4v) is 2.62. The highest BCUT2D eigenvalue weighted by molar-refractivity contribution is 7.89. The van der Waals surface area contributed by atoms with Crippen LogP contribution in [-0.2, 0) is 10.0 Å². The summed E-state index contributed by atoms with van der Waals surface area (Å²) in [6.45, 7) is 2.61. The Kier molecular flexibility index (Phi) is 6.56. The number of rotatable bonds is 7. The quantitative estimate of drug-likeness (QED) is 0.758. The minimum atomic E-state index is -3.12. The summed E-state index contributed by atoms with van der Waals surface area (Å²) < 4.78 is 24.7. The molecular formula is C12H18Cl2N2O2S. The summed E-state index contributed by atoms with van der Waals surface area (Å²) >= 11 is 11.8. The van der Waals surface area contributed by atoms with Gasteiger partial charge in [0.05, 0.1) is 15.8 Å². The molecule has 1 atom stereocenters. The third-order valence-electron chi connectivity index (χ3n) is 2.80. The molecule has 0 spiro atoms. The van der Waals surface area contributed by atoms with E-state index in [0.717, 1.165) is 5.56 Å². The second-order valence-electron chi connectivity index (χ2n) is 4.23. The Hall–Kier alpha value is -0.330. The molecule has 1 unspecified atom stereocenters. The van der Waals surface area contributed by atoms with Crippen LogP contribution in [0, 0.1) is 0 Å². The minimum Gasteiger partial charge on any atom is -0.310 e. The zero-order valence-electron chi connectivity index (χ0n) is 10.9. The number of halogens is 2. The Morgan fingerprint density at radius 1 is 1.26 bits per heavy atom. The van der Waals surface area contributed by atoms with Crippen LogP contribution in [0.25, 0.3) is 0 Å². The van der Waals surface area contributed by atoms with E-state index in [-0.39, 0.29) is 11.8 Å². The van der Waals surface area contributed by atoms with E-state index in [0.29, 0.717) is 23.0 Å². The first-order valence-electron chi connectivity index (χ1n) is 5.95. The van der Waals surface area contributed by atoms with Crippen LogP contribution in [0.3, 0.4) is 0 Å². The molecule has 2 N–H and O–H groups in total. The largest absolute Gasteiger partial charge is 0.310 e. The van der Waals surface area contributed by atoms with Gasteiger partial charge in [-0.05, 0) is 44.6 Å². The Morgan fingerprint density at radius 2 is 1.95 bits per heavy atom. The SMILES string of the molecule is CNS(=O)(=O)CCCNC(C)c1ccc(Cl)c(Cl)c1. The topological polar surface area (TPSA) is 58.2 Å². The van der Waals surface area contributed by atoms with Crippen molar-refractivity contribution in [1.82, 2.24) is 10.0 Å². The summed E-state index contributed by atoms with van der Waals surface area (Å²) in [5.41, 5.74) is 1.02. The molecule has 0 amide bonds. The van der Waals surface area contributed by atoms with E-state index < -0.39 is 10.0 Å². The predicted octanol–water partition coefficient (Wildman–Crippen LogP) is 2.58. The fourth-order valence-electron chi connectivity index (χ4n) is 1.58. The fraction of sp³-hybridized carbons (Fsp3) is 0.500. The average molecular weight is 325 g/mol. The first-order valence-corrected chi connectivity index (χ1v) is 8.36. The van der Waals surface area contributed by atoms with Crippen LogP contribution < -0.4 is 10.0 Å². The summed E-state index contributed by atoms with van der Waals surface area (Å²) in [5, 5.41) is 4.29. The first-order chi connectivity index (χ1) is 8.85. The van der Waals surface area contributed by atoms with Crippen molar-refractivity contribution in [1.29, 1.82) is 0 Å². The maximum atomic E-state index is 11.2. The number of sulfonamides is 1. The molecule has 19 heavy (non-hydrogen) atoms. The standard InChI is InChI=1S/C12H18Cl2N2O2S/c1-9(10-4-5-11(13)12(14)8-10)16-6-3-7-19(17,18)15-2/h4-5,8-9,15-16H,3,6-7H2,1-2H3. The lowest BCUT2D eigenvalue weighted by Crippen LogP contribution is -2.26. The van der Waals surface area contributed by atoms with E-state index in [4.69, 9.17) is 23.2 Å². The molecular weight excluding hydrogens is 307 g/mol. The highest BCUT2D eigenvalue weighted by atomic mass is 35.5. The van der Waals surface area contributed by atoms with Gasteiger partial charge < -0.3 is 5.32 Å². The zero-order valence-corrected chi connectivity index (χ0v) is 13.2. The lowest BCUT2D eigenvalue weighted by molar-refractivity contribution is 0.557. The Bertz CT molecular complexity index is 520. The van der Waals surface area contributed by atoms with Crippen LogP contribution in [0.4, 0.5) is 0 Å². The van der Waals surface area contributed by atoms with Crippen molar-refractivity contribution in [3.05, 3.63) is 33.8 Å². The number of hydrogen-bond acceptors (Lipinski definition) is 3. The molecule has 0 aromatic heterocycles. The smallest absolute Gasteiger partial charge is 0.211 e. The molecule has 4 nitrogen and oxygen atoms in total. The third-order valence-corrected chi connectivity index (χ3v) is 4.98. The van der Waals surface area contributed by atoms with Gasteiger partial charge >= 0.3 is 0 Å². The maximum Gasteiger partial charge on any atom is 0.211 e. The molecule has 0 saturated carbocycles. The van der Waals surface area contributed by atoms with Gasteiger partial charge in [0.25, 0.3) is 0 Å². The lowest BCUT2D eigenvalue weighted by Gasteiger charge is -2.14. The number of hydrogen-bond donors (Lipinski definition) is 2. The van der Waals surface area contributed by atoms with Crippen LogP contribution in [-0.4, -0.2) is 27.8 Å². The molecule has 1 aromatic rings. The van der Waals surface area contributed by atoms with Crippen LogP contribution in [0.5, 0.6) is 0 Å². The van der Waals surface area contributed by atoms with Crippen molar-refractivity contribution in [2.45, 2.75) is 19.4 Å². The molecule has 0 fully saturated rings. The average Bonchev–Trinajstić information content (AvgIpc) is 2.37. The Balaban J connectivity index is 2.43. The van der Waals surface area contributed by atoms with Crippen LogP contribution in [0.2, 0.25) is 10.0 Å². The molecule has 1 aromatic carbocycles. The van der Waals surface area contributed by atoms with Crippen LogP contribution in [0.1, 0.15) is 24.9 Å². The summed E-state index contributed by atoms with van der Waals surface area (Å²) in [4.78, 5) is 0. The second kappa shape index (κ2) is 7.45. The molecule has 0 aliphatic rings. The predicted molar refractivity (Wildman–Crippen MR) is 80.3 cm³/mol. The van der Waals surface area contributed by atoms with Gasteiger partial charge in [-0.3, -0.25) is 0 Å². The van der Waals surface area contributed by atoms with Crippen LogP contribution >= 0.6 is 23.2 Å². The van der Waals surface area contributed by atoms with Gasteiger partial charge in [0.15, 0.2) is 0 Å². The van der Waals surface area contributed by atoms with Crippen molar-refractivity contribution in [3.63, 3.8) is 0 Å². The number of nitrogens with one attached hydrogen (secondary N) is 2. The minimum absolute atomic E-state index is 0.0899. The van der Waals surface area contributed by atoms with Gasteiger partial charge in [-0.15, -0.1) is 0 Å². The zero-order chi connectivity index (χ0) is 14.5. The molecule has 0 aliphatic carbocycles. The van der Waals surface area contributed by atoms with E-state index in [1.807, 2.05) is 19.1 Å². The van der Waals surface area contributed by atoms with E-state index in [9.17, 15) is 8.42 Å². The monoisotopic (exact) mass is 324 g/mol. The van der Waals surface area contributed by atoms with Crippen molar-refractivity contribution >= 4 is 33.2 Å². The molecule has 0 saturated heterocycles. The molecule has 108 valence electrons. The van der Waals surface area contributed by atoms with Gasteiger partial charge in [0, 0.05) is 6.04 Å². The van der Waals surface area contributed by atoms with Crippen molar-refractivity contribution < 1.29 is 8.42 Å². The first kappa shape index (κ1) is 16.7. The van der Waals surface area contributed by atoms with Gasteiger partial charge in [-0.25, -0.2) is 13.1 Å². The molecule has 1 rings (SSSR count). The lowest BCUT2D eigenvalue weighted by atomic mass is 10.1. The molecule has 0 bridgehead atoms. The van der Waals surface area contributed by atoms with Crippen LogP contribution in [0.15, 0.2) is 18.2 Å². The molecule has 7 heteroatoms. The van der Waals surface area contributed by atoms with Gasteiger partial charge in [-0.2, -0.15) is 0 Å². The molecule has 0 heterocycles. The van der Waals surface area contributed by atoms with Gasteiger partial charge in [0.1, 0.15) is 0 Å². The maximum absolute atomic E-state index is 11.2. The van der Waals surface area contributed by atoms with E-state index in [2.05, 4.69) is 10.0 Å². The second-order valence-corrected chi connectivity index (χ2v) is 7.09. The normalized spacial score (nSPS) is 13.5. The Labute approximate surface area is 124 Å². The highest BCUT2D eigenvalue weighted by Gasteiger charge is 2.09. The summed E-state index contributed by atoms with van der Waals surface area (Å²) in [5.74, 6) is 0.116. The van der Waals surface area contributed by atoms with E-state index >= 15 is 0 Å². The van der Waals surface area contributed by atoms with Gasteiger partial charge in [0.2, 0.25) is 10.0 Å². The third kappa shape index (κ3) is 5.67.